The van der Waals surface area contributed by atoms with Crippen molar-refractivity contribution in [3.63, 3.8) is 0 Å². The third-order valence-electron chi connectivity index (χ3n) is 1.96. The third-order valence-corrected chi connectivity index (χ3v) is 1.96. The van der Waals surface area contributed by atoms with Gasteiger partial charge in [0, 0.05) is 7.11 Å². The molecule has 0 aromatic rings. The van der Waals surface area contributed by atoms with Crippen LogP contribution in [-0.2, 0) is 4.74 Å². The second-order valence-corrected chi connectivity index (χ2v) is 3.30. The summed E-state index contributed by atoms with van der Waals surface area (Å²) >= 11 is 0. The molecule has 0 aromatic carbocycles. The van der Waals surface area contributed by atoms with E-state index in [4.69, 9.17) is 27.7 Å². The molecule has 15 heavy (non-hydrogen) atoms. The standard InChI is InChI=1S/C7H18N2O.C3H10N2/c1-10-7(4-6-9)3-2-5-8;4-2-1-3-5/h7H,2-6,8-9H2,1H3;1-5H2. The van der Waals surface area contributed by atoms with E-state index in [9.17, 15) is 0 Å². The molecule has 0 fully saturated rings. The Balaban J connectivity index is 0. The van der Waals surface area contributed by atoms with E-state index in [-0.39, 0.29) is 0 Å². The lowest BCUT2D eigenvalue weighted by Gasteiger charge is -2.12. The zero-order chi connectivity index (χ0) is 11.9. The monoisotopic (exact) mass is 220 g/mol. The van der Waals surface area contributed by atoms with E-state index >= 15 is 0 Å². The third kappa shape index (κ3) is 16.5. The Bertz CT molecular complexity index is 101. The maximum Gasteiger partial charge on any atom is 0.0583 e. The molecule has 0 amide bonds. The lowest BCUT2D eigenvalue weighted by atomic mass is 10.1. The zero-order valence-electron chi connectivity index (χ0n) is 9.95. The number of rotatable bonds is 8. The largest absolute Gasteiger partial charge is 0.381 e. The highest BCUT2D eigenvalue weighted by atomic mass is 16.5. The van der Waals surface area contributed by atoms with Gasteiger partial charge < -0.3 is 27.7 Å². The van der Waals surface area contributed by atoms with Crippen LogP contribution in [0.3, 0.4) is 0 Å². The van der Waals surface area contributed by atoms with E-state index < -0.39 is 0 Å². The summed E-state index contributed by atoms with van der Waals surface area (Å²) in [5, 5.41) is 0. The maximum absolute atomic E-state index is 5.37. The van der Waals surface area contributed by atoms with Gasteiger partial charge in [0.25, 0.3) is 0 Å². The predicted octanol–water partition coefficient (Wildman–Crippen LogP) is -0.617. The van der Waals surface area contributed by atoms with Gasteiger partial charge in [-0.05, 0) is 51.9 Å². The van der Waals surface area contributed by atoms with Gasteiger partial charge in [-0.15, -0.1) is 0 Å². The number of hydrogen-bond donors (Lipinski definition) is 4. The molecule has 0 rings (SSSR count). The van der Waals surface area contributed by atoms with E-state index in [2.05, 4.69) is 0 Å². The minimum absolute atomic E-state index is 0.313. The molecular formula is C10H28N4O. The molecule has 0 spiro atoms. The van der Waals surface area contributed by atoms with Crippen LogP contribution in [0.25, 0.3) is 0 Å². The van der Waals surface area contributed by atoms with Crippen LogP contribution in [0, 0.1) is 0 Å². The Kier molecular flexibility index (Phi) is 18.6. The Morgan fingerprint density at radius 2 is 1.33 bits per heavy atom. The molecule has 5 nitrogen and oxygen atoms in total. The lowest BCUT2D eigenvalue weighted by molar-refractivity contribution is 0.0888. The van der Waals surface area contributed by atoms with Crippen molar-refractivity contribution in [1.29, 1.82) is 0 Å². The highest BCUT2D eigenvalue weighted by Gasteiger charge is 2.03. The Hall–Kier alpha value is -0.200. The fraction of sp³-hybridized carbons (Fsp3) is 1.00. The molecule has 0 heterocycles. The van der Waals surface area contributed by atoms with Gasteiger partial charge >= 0.3 is 0 Å². The highest BCUT2D eigenvalue weighted by Crippen LogP contribution is 2.03. The summed E-state index contributed by atoms with van der Waals surface area (Å²) in [6.07, 6.45) is 4.26. The first kappa shape index (κ1) is 17.2. The van der Waals surface area contributed by atoms with Crippen molar-refractivity contribution in [2.45, 2.75) is 31.8 Å². The maximum atomic E-state index is 5.37. The van der Waals surface area contributed by atoms with Crippen molar-refractivity contribution < 1.29 is 4.74 Å². The lowest BCUT2D eigenvalue weighted by Crippen LogP contribution is -2.17. The predicted molar refractivity (Wildman–Crippen MR) is 65.5 cm³/mol. The molecule has 0 saturated carbocycles. The van der Waals surface area contributed by atoms with Gasteiger partial charge in [0.05, 0.1) is 6.10 Å². The van der Waals surface area contributed by atoms with Crippen LogP contribution in [0.15, 0.2) is 0 Å². The van der Waals surface area contributed by atoms with Gasteiger partial charge in [-0.1, -0.05) is 0 Å². The molecule has 0 saturated heterocycles. The molecule has 8 N–H and O–H groups in total. The molecule has 5 heteroatoms. The fourth-order valence-corrected chi connectivity index (χ4v) is 1.03. The summed E-state index contributed by atoms with van der Waals surface area (Å²) in [4.78, 5) is 0. The van der Waals surface area contributed by atoms with Crippen molar-refractivity contribution in [3.05, 3.63) is 0 Å². The van der Waals surface area contributed by atoms with Gasteiger partial charge in [0.15, 0.2) is 0 Å². The SMILES string of the molecule is COC(CCN)CCCN.NCCCN. The molecular weight excluding hydrogens is 192 g/mol. The van der Waals surface area contributed by atoms with Crippen LogP contribution in [0.5, 0.6) is 0 Å². The van der Waals surface area contributed by atoms with Crippen molar-refractivity contribution in [1.82, 2.24) is 0 Å². The van der Waals surface area contributed by atoms with Crippen molar-refractivity contribution in [3.8, 4) is 0 Å². The van der Waals surface area contributed by atoms with Crippen molar-refractivity contribution in [2.24, 2.45) is 22.9 Å². The molecule has 0 radical (unpaired) electrons. The molecule has 1 unspecified atom stereocenters. The second kappa shape index (κ2) is 16.2. The molecule has 0 aromatic heterocycles. The average molecular weight is 220 g/mol. The van der Waals surface area contributed by atoms with E-state index in [1.807, 2.05) is 0 Å². The van der Waals surface area contributed by atoms with E-state index in [1.54, 1.807) is 7.11 Å². The summed E-state index contributed by atoms with van der Waals surface area (Å²) in [7, 11) is 1.72. The first-order chi connectivity index (χ1) is 7.26. The van der Waals surface area contributed by atoms with Crippen LogP contribution in [0.4, 0.5) is 0 Å². The quantitative estimate of drug-likeness (QED) is 0.435. The summed E-state index contributed by atoms with van der Waals surface area (Å²) < 4.78 is 5.16. The van der Waals surface area contributed by atoms with Gasteiger partial charge in [0.1, 0.15) is 0 Å². The van der Waals surface area contributed by atoms with E-state index in [0.717, 1.165) is 45.3 Å². The number of methoxy groups -OCH3 is 1. The van der Waals surface area contributed by atoms with Crippen molar-refractivity contribution in [2.75, 3.05) is 33.3 Å². The molecule has 0 bridgehead atoms. The molecule has 0 aliphatic carbocycles. The number of nitrogens with two attached hydrogens (primary N) is 4. The van der Waals surface area contributed by atoms with Gasteiger partial charge in [-0.3, -0.25) is 0 Å². The topological polar surface area (TPSA) is 113 Å². The van der Waals surface area contributed by atoms with Crippen molar-refractivity contribution >= 4 is 0 Å². The molecule has 0 aliphatic heterocycles. The number of ether oxygens (including phenoxy) is 1. The average Bonchev–Trinajstić information content (AvgIpc) is 2.26. The van der Waals surface area contributed by atoms with E-state index in [0.29, 0.717) is 12.6 Å². The summed E-state index contributed by atoms with van der Waals surface area (Å²) in [5.41, 5.74) is 20.8. The summed E-state index contributed by atoms with van der Waals surface area (Å²) in [5.74, 6) is 0. The second-order valence-electron chi connectivity index (χ2n) is 3.30. The minimum atomic E-state index is 0.313. The van der Waals surface area contributed by atoms with Gasteiger partial charge in [-0.2, -0.15) is 0 Å². The van der Waals surface area contributed by atoms with Crippen LogP contribution in [0.1, 0.15) is 25.7 Å². The summed E-state index contributed by atoms with van der Waals surface area (Å²) in [6, 6.07) is 0. The molecule has 0 aliphatic rings. The Morgan fingerprint density at radius 1 is 0.800 bits per heavy atom. The molecule has 1 atom stereocenters. The Morgan fingerprint density at radius 3 is 1.60 bits per heavy atom. The van der Waals surface area contributed by atoms with Gasteiger partial charge in [-0.25, -0.2) is 0 Å². The van der Waals surface area contributed by atoms with Crippen LogP contribution >= 0.6 is 0 Å². The first-order valence-corrected chi connectivity index (χ1v) is 5.59. The van der Waals surface area contributed by atoms with Crippen LogP contribution in [0.2, 0.25) is 0 Å². The first-order valence-electron chi connectivity index (χ1n) is 5.59. The van der Waals surface area contributed by atoms with E-state index in [1.165, 1.54) is 0 Å². The Labute approximate surface area is 93.5 Å². The van der Waals surface area contributed by atoms with Crippen LogP contribution in [-0.4, -0.2) is 39.4 Å². The normalized spacial score (nSPS) is 11.8. The summed E-state index contributed by atoms with van der Waals surface area (Å²) in [6.45, 7) is 2.88. The van der Waals surface area contributed by atoms with Gasteiger partial charge in [0.2, 0.25) is 0 Å². The van der Waals surface area contributed by atoms with Crippen LogP contribution < -0.4 is 22.9 Å². The zero-order valence-corrected chi connectivity index (χ0v) is 9.95. The minimum Gasteiger partial charge on any atom is -0.381 e. The molecule has 94 valence electrons. The highest BCUT2D eigenvalue weighted by molar-refractivity contribution is 4.58. The smallest absolute Gasteiger partial charge is 0.0583 e. The fourth-order valence-electron chi connectivity index (χ4n) is 1.03. The number of hydrogen-bond acceptors (Lipinski definition) is 5.